The van der Waals surface area contributed by atoms with Crippen LogP contribution in [0.2, 0.25) is 0 Å². The number of amides is 2. The predicted octanol–water partition coefficient (Wildman–Crippen LogP) is 2.53. The molecule has 152 valence electrons. The van der Waals surface area contributed by atoms with E-state index in [-0.39, 0.29) is 24.2 Å². The number of rotatable bonds is 5. The van der Waals surface area contributed by atoms with Gasteiger partial charge in [0, 0.05) is 39.6 Å². The summed E-state index contributed by atoms with van der Waals surface area (Å²) in [5, 5.41) is 0. The van der Waals surface area contributed by atoms with Crippen molar-refractivity contribution in [1.29, 1.82) is 0 Å². The third-order valence-electron chi connectivity index (χ3n) is 5.64. The van der Waals surface area contributed by atoms with Crippen LogP contribution in [0.4, 0.5) is 11.4 Å². The maximum atomic E-state index is 13.0. The number of para-hydroxylation sites is 2. The van der Waals surface area contributed by atoms with Crippen LogP contribution < -0.4 is 9.80 Å². The van der Waals surface area contributed by atoms with E-state index in [0.717, 1.165) is 30.0 Å². The van der Waals surface area contributed by atoms with Crippen LogP contribution >= 0.6 is 0 Å². The Morgan fingerprint density at radius 3 is 2.41 bits per heavy atom. The zero-order chi connectivity index (χ0) is 20.2. The number of carbonyl (C=O) groups is 2. The number of ether oxygens (including phenoxy) is 1. The van der Waals surface area contributed by atoms with Gasteiger partial charge in [0.1, 0.15) is 0 Å². The van der Waals surface area contributed by atoms with Gasteiger partial charge in [-0.1, -0.05) is 42.5 Å². The molecule has 6 nitrogen and oxygen atoms in total. The smallest absolute Gasteiger partial charge is 0.228 e. The molecule has 0 spiro atoms. The zero-order valence-electron chi connectivity index (χ0n) is 16.8. The first kappa shape index (κ1) is 19.5. The van der Waals surface area contributed by atoms with Crippen molar-refractivity contribution in [3.8, 4) is 0 Å². The van der Waals surface area contributed by atoms with E-state index in [0.29, 0.717) is 26.3 Å². The maximum Gasteiger partial charge on any atom is 0.228 e. The predicted molar refractivity (Wildman–Crippen MR) is 113 cm³/mol. The van der Waals surface area contributed by atoms with Crippen molar-refractivity contribution in [2.45, 2.75) is 13.0 Å². The van der Waals surface area contributed by atoms with Crippen molar-refractivity contribution in [3.63, 3.8) is 0 Å². The SMILES string of the molecule is CN(Cc1ccccc1)C(=O)C1CC(=O)N(c2ccccc2N2CCOCC2)C1. The second kappa shape index (κ2) is 8.66. The van der Waals surface area contributed by atoms with E-state index in [1.54, 1.807) is 9.80 Å². The summed E-state index contributed by atoms with van der Waals surface area (Å²) in [6, 6.07) is 17.9. The van der Waals surface area contributed by atoms with E-state index < -0.39 is 0 Å². The minimum absolute atomic E-state index is 0.0113. The van der Waals surface area contributed by atoms with Gasteiger partial charge in [-0.25, -0.2) is 0 Å². The number of hydrogen-bond donors (Lipinski definition) is 0. The molecule has 0 N–H and O–H groups in total. The van der Waals surface area contributed by atoms with Gasteiger partial charge in [-0.3, -0.25) is 9.59 Å². The molecule has 2 heterocycles. The fourth-order valence-electron chi connectivity index (χ4n) is 4.12. The topological polar surface area (TPSA) is 53.1 Å². The van der Waals surface area contributed by atoms with E-state index in [2.05, 4.69) is 4.90 Å². The molecule has 2 saturated heterocycles. The lowest BCUT2D eigenvalue weighted by atomic mass is 10.1. The lowest BCUT2D eigenvalue weighted by Gasteiger charge is -2.32. The molecular weight excluding hydrogens is 366 g/mol. The van der Waals surface area contributed by atoms with Crippen molar-refractivity contribution in [1.82, 2.24) is 4.90 Å². The van der Waals surface area contributed by atoms with Gasteiger partial charge in [-0.2, -0.15) is 0 Å². The van der Waals surface area contributed by atoms with Crippen LogP contribution in [0.25, 0.3) is 0 Å². The number of carbonyl (C=O) groups excluding carboxylic acids is 2. The van der Waals surface area contributed by atoms with Gasteiger partial charge in [0.25, 0.3) is 0 Å². The van der Waals surface area contributed by atoms with E-state index in [9.17, 15) is 9.59 Å². The van der Waals surface area contributed by atoms with Gasteiger partial charge in [-0.05, 0) is 17.7 Å². The van der Waals surface area contributed by atoms with Gasteiger partial charge in [0.15, 0.2) is 0 Å². The first-order valence-electron chi connectivity index (χ1n) is 10.1. The summed E-state index contributed by atoms with van der Waals surface area (Å²) in [6.45, 7) is 3.97. The Labute approximate surface area is 171 Å². The van der Waals surface area contributed by atoms with Crippen molar-refractivity contribution >= 4 is 23.2 Å². The van der Waals surface area contributed by atoms with Gasteiger partial charge in [-0.15, -0.1) is 0 Å². The first-order valence-corrected chi connectivity index (χ1v) is 10.1. The molecule has 1 atom stereocenters. The summed E-state index contributed by atoms with van der Waals surface area (Å²) in [7, 11) is 1.81. The molecule has 2 amide bonds. The van der Waals surface area contributed by atoms with Crippen LogP contribution in [0.1, 0.15) is 12.0 Å². The standard InChI is InChI=1S/C23H27N3O3/c1-24(16-18-7-3-2-4-8-18)23(28)19-15-22(27)26(17-19)21-10-6-5-9-20(21)25-11-13-29-14-12-25/h2-10,19H,11-17H2,1H3. The first-order chi connectivity index (χ1) is 14.1. The summed E-state index contributed by atoms with van der Waals surface area (Å²) in [5.74, 6) is -0.278. The quantitative estimate of drug-likeness (QED) is 0.783. The third-order valence-corrected chi connectivity index (χ3v) is 5.64. The van der Waals surface area contributed by atoms with Crippen LogP contribution in [0.5, 0.6) is 0 Å². The van der Waals surface area contributed by atoms with Crippen LogP contribution in [0.15, 0.2) is 54.6 Å². The molecule has 2 aromatic rings. The summed E-state index contributed by atoms with van der Waals surface area (Å²) in [6.07, 6.45) is 0.259. The molecule has 0 bridgehead atoms. The van der Waals surface area contributed by atoms with Crippen LogP contribution in [-0.2, 0) is 20.9 Å². The molecule has 4 rings (SSSR count). The Kier molecular flexibility index (Phi) is 5.81. The number of hydrogen-bond acceptors (Lipinski definition) is 4. The van der Waals surface area contributed by atoms with Gasteiger partial charge in [0.2, 0.25) is 11.8 Å². The second-order valence-corrected chi connectivity index (χ2v) is 7.67. The Hall–Kier alpha value is -2.86. The van der Waals surface area contributed by atoms with Gasteiger partial charge >= 0.3 is 0 Å². The molecule has 0 aliphatic carbocycles. The average molecular weight is 393 g/mol. The molecule has 2 aliphatic rings. The molecule has 6 heteroatoms. The van der Waals surface area contributed by atoms with Crippen molar-refractivity contribution < 1.29 is 14.3 Å². The summed E-state index contributed by atoms with van der Waals surface area (Å²) in [5.41, 5.74) is 3.01. The highest BCUT2D eigenvalue weighted by atomic mass is 16.5. The highest BCUT2D eigenvalue weighted by Gasteiger charge is 2.37. The second-order valence-electron chi connectivity index (χ2n) is 7.67. The highest BCUT2D eigenvalue weighted by Crippen LogP contribution is 2.34. The minimum Gasteiger partial charge on any atom is -0.378 e. The van der Waals surface area contributed by atoms with Crippen LogP contribution in [0, 0.1) is 5.92 Å². The van der Waals surface area contributed by atoms with Crippen molar-refractivity contribution in [2.75, 3.05) is 49.7 Å². The lowest BCUT2D eigenvalue weighted by Crippen LogP contribution is -2.38. The van der Waals surface area contributed by atoms with Crippen molar-refractivity contribution in [2.24, 2.45) is 5.92 Å². The van der Waals surface area contributed by atoms with E-state index >= 15 is 0 Å². The molecule has 0 aromatic heterocycles. The Balaban J connectivity index is 1.47. The van der Waals surface area contributed by atoms with Crippen molar-refractivity contribution in [3.05, 3.63) is 60.2 Å². The number of nitrogens with zero attached hydrogens (tertiary/aromatic N) is 3. The minimum atomic E-state index is -0.311. The molecule has 2 aliphatic heterocycles. The Bertz CT molecular complexity index is 865. The fraction of sp³-hybridized carbons (Fsp3) is 0.391. The van der Waals surface area contributed by atoms with E-state index in [4.69, 9.17) is 4.74 Å². The van der Waals surface area contributed by atoms with Gasteiger partial charge in [0.05, 0.1) is 30.5 Å². The van der Waals surface area contributed by atoms with E-state index in [1.807, 2.05) is 61.6 Å². The molecule has 2 aromatic carbocycles. The molecular formula is C23H27N3O3. The summed E-state index contributed by atoms with van der Waals surface area (Å²) < 4.78 is 5.46. The number of morpholine rings is 1. The Morgan fingerprint density at radius 1 is 1.03 bits per heavy atom. The molecule has 2 fully saturated rings. The summed E-state index contributed by atoms with van der Waals surface area (Å²) in [4.78, 5) is 31.6. The highest BCUT2D eigenvalue weighted by molar-refractivity contribution is 6.02. The largest absolute Gasteiger partial charge is 0.378 e. The molecule has 0 radical (unpaired) electrons. The fourth-order valence-corrected chi connectivity index (χ4v) is 4.12. The maximum absolute atomic E-state index is 13.0. The lowest BCUT2D eigenvalue weighted by molar-refractivity contribution is -0.135. The Morgan fingerprint density at radius 2 is 1.69 bits per heavy atom. The van der Waals surface area contributed by atoms with Gasteiger partial charge < -0.3 is 19.4 Å². The van der Waals surface area contributed by atoms with Crippen LogP contribution in [-0.4, -0.2) is 56.6 Å². The zero-order valence-corrected chi connectivity index (χ0v) is 16.8. The normalized spacial score (nSPS) is 19.5. The van der Waals surface area contributed by atoms with E-state index in [1.165, 1.54) is 0 Å². The summed E-state index contributed by atoms with van der Waals surface area (Å²) >= 11 is 0. The average Bonchev–Trinajstić information content (AvgIpc) is 3.16. The molecule has 0 saturated carbocycles. The number of benzene rings is 2. The number of anilines is 2. The molecule has 1 unspecified atom stereocenters. The molecule has 29 heavy (non-hydrogen) atoms. The van der Waals surface area contributed by atoms with Crippen LogP contribution in [0.3, 0.4) is 0 Å². The monoisotopic (exact) mass is 393 g/mol. The third kappa shape index (κ3) is 4.27.